The molecule has 4 rings (SSSR count). The second-order valence-electron chi connectivity index (χ2n) is 7.25. The highest BCUT2D eigenvalue weighted by Gasteiger charge is 2.22. The zero-order valence-electron chi connectivity index (χ0n) is 15.5. The van der Waals surface area contributed by atoms with Gasteiger partial charge in [0.15, 0.2) is 5.13 Å². The van der Waals surface area contributed by atoms with E-state index >= 15 is 0 Å². The van der Waals surface area contributed by atoms with Gasteiger partial charge in [-0.25, -0.2) is 4.68 Å². The number of nitrogens with one attached hydrogen (secondary N) is 2. The number of piperidine rings is 1. The van der Waals surface area contributed by atoms with Crippen molar-refractivity contribution in [3.8, 4) is 0 Å². The summed E-state index contributed by atoms with van der Waals surface area (Å²) in [5, 5.41) is 9.61. The molecule has 0 aliphatic carbocycles. The maximum absolute atomic E-state index is 13.6. The van der Waals surface area contributed by atoms with Gasteiger partial charge in [-0.3, -0.25) is 18.8 Å². The van der Waals surface area contributed by atoms with Crippen LogP contribution in [0.1, 0.15) is 38.4 Å². The Balaban J connectivity index is 1.67. The zero-order valence-corrected chi connectivity index (χ0v) is 16.3. The number of amides is 2. The number of nitrogens with zero attached hydrogens (tertiary/aromatic N) is 3. The summed E-state index contributed by atoms with van der Waals surface area (Å²) in [7, 11) is 0. The third kappa shape index (κ3) is 3.28. The van der Waals surface area contributed by atoms with Gasteiger partial charge < -0.3 is 10.6 Å². The maximum atomic E-state index is 13.6. The van der Waals surface area contributed by atoms with Gasteiger partial charge in [-0.15, -0.1) is 11.3 Å². The molecule has 0 unspecified atom stereocenters. The van der Waals surface area contributed by atoms with E-state index in [2.05, 4.69) is 15.7 Å². The van der Waals surface area contributed by atoms with Crippen molar-refractivity contribution in [3.63, 3.8) is 0 Å². The van der Waals surface area contributed by atoms with Gasteiger partial charge in [0.1, 0.15) is 17.9 Å². The SMILES string of the molecule is CC(C)c1nn(CC(=O)N[C@@H]2CCC(=O)NC2)c(=O)c2cc3sc(F)cc3n12. The molecule has 1 aliphatic heterocycles. The Morgan fingerprint density at radius 3 is 2.86 bits per heavy atom. The van der Waals surface area contributed by atoms with E-state index in [-0.39, 0.29) is 35.4 Å². The third-order valence-electron chi connectivity index (χ3n) is 4.81. The zero-order chi connectivity index (χ0) is 20.0. The van der Waals surface area contributed by atoms with E-state index in [1.807, 2.05) is 13.8 Å². The van der Waals surface area contributed by atoms with Crippen molar-refractivity contribution in [3.05, 3.63) is 33.4 Å². The van der Waals surface area contributed by atoms with Gasteiger partial charge >= 0.3 is 0 Å². The van der Waals surface area contributed by atoms with Crippen LogP contribution >= 0.6 is 11.3 Å². The number of hydrogen-bond acceptors (Lipinski definition) is 5. The van der Waals surface area contributed by atoms with Gasteiger partial charge in [0, 0.05) is 31.0 Å². The second-order valence-corrected chi connectivity index (χ2v) is 8.28. The summed E-state index contributed by atoms with van der Waals surface area (Å²) < 4.78 is 17.1. The van der Waals surface area contributed by atoms with Crippen molar-refractivity contribution in [1.82, 2.24) is 24.8 Å². The largest absolute Gasteiger partial charge is 0.354 e. The highest BCUT2D eigenvalue weighted by Crippen LogP contribution is 2.29. The van der Waals surface area contributed by atoms with Crippen molar-refractivity contribution in [2.24, 2.45) is 0 Å². The molecular weight excluding hydrogens is 385 g/mol. The van der Waals surface area contributed by atoms with Crippen LogP contribution in [-0.4, -0.2) is 38.6 Å². The average molecular weight is 405 g/mol. The second kappa shape index (κ2) is 7.01. The Kier molecular flexibility index (Phi) is 4.66. The number of halogens is 1. The van der Waals surface area contributed by atoms with Gasteiger partial charge in [0.2, 0.25) is 11.8 Å². The lowest BCUT2D eigenvalue weighted by Crippen LogP contribution is -2.49. The van der Waals surface area contributed by atoms with Crippen molar-refractivity contribution in [1.29, 1.82) is 0 Å². The van der Waals surface area contributed by atoms with Crippen LogP contribution in [0, 0.1) is 5.13 Å². The minimum atomic E-state index is -0.402. The number of carbonyl (C=O) groups excluding carboxylic acids is 2. The molecule has 0 bridgehead atoms. The van der Waals surface area contributed by atoms with Crippen LogP contribution < -0.4 is 16.2 Å². The lowest BCUT2D eigenvalue weighted by molar-refractivity contribution is -0.126. The molecule has 148 valence electrons. The first kappa shape index (κ1) is 18.6. The molecule has 3 aromatic heterocycles. The lowest BCUT2D eigenvalue weighted by atomic mass is 10.1. The van der Waals surface area contributed by atoms with E-state index in [4.69, 9.17) is 0 Å². The van der Waals surface area contributed by atoms with Crippen LogP contribution in [0.25, 0.3) is 15.7 Å². The van der Waals surface area contributed by atoms with Gasteiger partial charge in [-0.05, 0) is 12.5 Å². The minimum Gasteiger partial charge on any atom is -0.354 e. The van der Waals surface area contributed by atoms with Gasteiger partial charge in [0.25, 0.3) is 5.56 Å². The van der Waals surface area contributed by atoms with Crippen LogP contribution in [0.3, 0.4) is 0 Å². The summed E-state index contributed by atoms with van der Waals surface area (Å²) in [5.41, 5.74) is 0.582. The predicted molar refractivity (Wildman–Crippen MR) is 103 cm³/mol. The number of rotatable bonds is 4. The van der Waals surface area contributed by atoms with E-state index in [0.717, 1.165) is 16.0 Å². The quantitative estimate of drug-likeness (QED) is 0.685. The van der Waals surface area contributed by atoms with Crippen LogP contribution in [0.5, 0.6) is 0 Å². The Morgan fingerprint density at radius 2 is 2.18 bits per heavy atom. The van der Waals surface area contributed by atoms with E-state index < -0.39 is 5.56 Å². The van der Waals surface area contributed by atoms with Crippen LogP contribution in [0.15, 0.2) is 16.9 Å². The molecule has 10 heteroatoms. The maximum Gasteiger partial charge on any atom is 0.291 e. The van der Waals surface area contributed by atoms with Gasteiger partial charge in [-0.1, -0.05) is 13.8 Å². The molecule has 0 aromatic carbocycles. The van der Waals surface area contributed by atoms with Crippen LogP contribution in [-0.2, 0) is 16.1 Å². The van der Waals surface area contributed by atoms with Crippen LogP contribution in [0.4, 0.5) is 4.39 Å². The summed E-state index contributed by atoms with van der Waals surface area (Å²) in [6.07, 6.45) is 0.931. The molecule has 4 heterocycles. The van der Waals surface area contributed by atoms with E-state index in [1.165, 1.54) is 6.07 Å². The molecule has 1 saturated heterocycles. The molecule has 1 fully saturated rings. The Morgan fingerprint density at radius 1 is 1.39 bits per heavy atom. The fourth-order valence-corrected chi connectivity index (χ4v) is 4.26. The standard InChI is InChI=1S/C18H20FN5O3S/c1-9(2)17-22-23(8-16(26)21-10-3-4-15(25)20-7-10)18(27)12-5-13-11(24(12)17)6-14(19)28-13/h5-6,9-10H,3-4,7-8H2,1-2H3,(H,20,25)(H,21,26)/t10-/m1/s1. The fraction of sp³-hybridized carbons (Fsp3) is 0.444. The Hall–Kier alpha value is -2.75. The van der Waals surface area contributed by atoms with E-state index in [1.54, 1.807) is 10.5 Å². The highest BCUT2D eigenvalue weighted by molar-refractivity contribution is 7.17. The average Bonchev–Trinajstić information content (AvgIpc) is 3.15. The van der Waals surface area contributed by atoms with Crippen LogP contribution in [0.2, 0.25) is 0 Å². The molecule has 1 aliphatic rings. The molecule has 0 saturated carbocycles. The number of thiophene rings is 1. The minimum absolute atomic E-state index is 0.0277. The molecule has 0 spiro atoms. The van der Waals surface area contributed by atoms with Crippen molar-refractivity contribution < 1.29 is 14.0 Å². The van der Waals surface area contributed by atoms with Crippen molar-refractivity contribution >= 4 is 38.9 Å². The topological polar surface area (TPSA) is 97.5 Å². The third-order valence-corrected chi connectivity index (χ3v) is 5.67. The Bertz CT molecular complexity index is 1140. The summed E-state index contributed by atoms with van der Waals surface area (Å²) in [6, 6.07) is 2.88. The summed E-state index contributed by atoms with van der Waals surface area (Å²) >= 11 is 0.973. The monoisotopic (exact) mass is 405 g/mol. The lowest BCUT2D eigenvalue weighted by Gasteiger charge is -2.23. The molecule has 1 atom stereocenters. The number of fused-ring (bicyclic) bond motifs is 3. The first-order valence-corrected chi connectivity index (χ1v) is 9.92. The van der Waals surface area contributed by atoms with E-state index in [0.29, 0.717) is 40.9 Å². The van der Waals surface area contributed by atoms with Gasteiger partial charge in [-0.2, -0.15) is 9.49 Å². The smallest absolute Gasteiger partial charge is 0.291 e. The summed E-state index contributed by atoms with van der Waals surface area (Å²) in [4.78, 5) is 36.5. The predicted octanol–water partition coefficient (Wildman–Crippen LogP) is 1.37. The molecule has 2 amide bonds. The molecule has 8 nitrogen and oxygen atoms in total. The molecular formula is C18H20FN5O3S. The fourth-order valence-electron chi connectivity index (χ4n) is 3.46. The number of aromatic nitrogens is 3. The molecule has 3 aromatic rings. The summed E-state index contributed by atoms with van der Waals surface area (Å²) in [6.45, 7) is 4.02. The van der Waals surface area contributed by atoms with Crippen molar-refractivity contribution in [2.45, 2.75) is 45.2 Å². The van der Waals surface area contributed by atoms with Gasteiger partial charge in [0.05, 0.1) is 10.2 Å². The first-order valence-electron chi connectivity index (χ1n) is 9.11. The number of carbonyl (C=O) groups is 2. The normalized spacial score (nSPS) is 17.4. The Labute approximate surface area is 163 Å². The molecule has 0 radical (unpaired) electrons. The molecule has 2 N–H and O–H groups in total. The highest BCUT2D eigenvalue weighted by atomic mass is 32.1. The van der Waals surface area contributed by atoms with E-state index in [9.17, 15) is 18.8 Å². The first-order chi connectivity index (χ1) is 13.3. The molecule has 28 heavy (non-hydrogen) atoms. The number of hydrogen-bond donors (Lipinski definition) is 2. The summed E-state index contributed by atoms with van der Waals surface area (Å²) in [5.74, 6) is 0.180. The van der Waals surface area contributed by atoms with Crippen molar-refractivity contribution in [2.75, 3.05) is 6.54 Å².